The number of pyridine rings is 1. The van der Waals surface area contributed by atoms with Gasteiger partial charge < -0.3 is 0 Å². The first-order valence-corrected chi connectivity index (χ1v) is 6.51. The van der Waals surface area contributed by atoms with Crippen LogP contribution in [0, 0.1) is 0 Å². The smallest absolute Gasteiger partial charge is 0.136 e. The number of aromatic nitrogens is 5. The van der Waals surface area contributed by atoms with E-state index >= 15 is 0 Å². The zero-order chi connectivity index (χ0) is 13.9. The first-order chi connectivity index (χ1) is 9.70. The van der Waals surface area contributed by atoms with Gasteiger partial charge in [-0.3, -0.25) is 9.67 Å². The van der Waals surface area contributed by atoms with E-state index in [4.69, 9.17) is 11.6 Å². The number of aryl methyl sites for hydroxylation is 1. The molecule has 0 unspecified atom stereocenters. The van der Waals surface area contributed by atoms with Gasteiger partial charge in [0.05, 0.1) is 18.3 Å². The van der Waals surface area contributed by atoms with Crippen LogP contribution in [0.25, 0.3) is 11.3 Å². The zero-order valence-electron chi connectivity index (χ0n) is 10.9. The number of halogens is 1. The lowest BCUT2D eigenvalue weighted by Crippen LogP contribution is -2.00. The van der Waals surface area contributed by atoms with Gasteiger partial charge in [0.15, 0.2) is 0 Å². The van der Waals surface area contributed by atoms with Crippen LogP contribution in [0.15, 0.2) is 42.9 Å². The summed E-state index contributed by atoms with van der Waals surface area (Å²) in [6.07, 6.45) is 5.95. The second-order valence-corrected chi connectivity index (χ2v) is 4.78. The predicted molar refractivity (Wildman–Crippen MR) is 76.3 cm³/mol. The minimum absolute atomic E-state index is 0.421. The Balaban J connectivity index is 1.95. The summed E-state index contributed by atoms with van der Waals surface area (Å²) < 4.78 is 1.73. The number of rotatable bonds is 3. The van der Waals surface area contributed by atoms with Crippen LogP contribution in [0.1, 0.15) is 11.5 Å². The number of hydrogen-bond donors (Lipinski definition) is 0. The summed E-state index contributed by atoms with van der Waals surface area (Å²) in [5.74, 6) is 0.648. The lowest BCUT2D eigenvalue weighted by molar-refractivity contribution is 0.768. The average molecular weight is 286 g/mol. The average Bonchev–Trinajstić information content (AvgIpc) is 2.86. The molecule has 0 fully saturated rings. The molecule has 3 heterocycles. The van der Waals surface area contributed by atoms with Crippen molar-refractivity contribution in [1.29, 1.82) is 0 Å². The fraction of sp³-hybridized carbons (Fsp3) is 0.143. The first kappa shape index (κ1) is 12.7. The van der Waals surface area contributed by atoms with Gasteiger partial charge in [-0.15, -0.1) is 0 Å². The van der Waals surface area contributed by atoms with Gasteiger partial charge in [-0.2, -0.15) is 5.10 Å². The van der Waals surface area contributed by atoms with Crippen LogP contribution in [0.4, 0.5) is 0 Å². The first-order valence-electron chi connectivity index (χ1n) is 6.13. The molecule has 5 nitrogen and oxygen atoms in total. The summed E-state index contributed by atoms with van der Waals surface area (Å²) >= 11 is 6.07. The highest BCUT2D eigenvalue weighted by molar-refractivity contribution is 6.29. The Kier molecular flexibility index (Phi) is 3.43. The van der Waals surface area contributed by atoms with Crippen LogP contribution >= 0.6 is 11.6 Å². The van der Waals surface area contributed by atoms with E-state index in [-0.39, 0.29) is 0 Å². The monoisotopic (exact) mass is 285 g/mol. The zero-order valence-corrected chi connectivity index (χ0v) is 11.6. The Morgan fingerprint density at radius 1 is 1.25 bits per heavy atom. The molecule has 0 spiro atoms. The molecule has 0 aliphatic heterocycles. The molecule has 0 bridgehead atoms. The molecule has 0 N–H and O–H groups in total. The summed E-state index contributed by atoms with van der Waals surface area (Å²) in [6.45, 7) is 0. The lowest BCUT2D eigenvalue weighted by atomic mass is 10.2. The Morgan fingerprint density at radius 2 is 2.15 bits per heavy atom. The molecule has 0 aliphatic rings. The van der Waals surface area contributed by atoms with Crippen molar-refractivity contribution in [3.8, 4) is 11.3 Å². The van der Waals surface area contributed by atoms with E-state index in [1.54, 1.807) is 23.1 Å². The van der Waals surface area contributed by atoms with E-state index in [1.165, 1.54) is 0 Å². The van der Waals surface area contributed by atoms with Crippen molar-refractivity contribution in [2.75, 3.05) is 0 Å². The second kappa shape index (κ2) is 5.38. The van der Waals surface area contributed by atoms with Gasteiger partial charge in [0.1, 0.15) is 11.0 Å². The Labute approximate surface area is 121 Å². The third-order valence-electron chi connectivity index (χ3n) is 2.81. The third kappa shape index (κ3) is 2.83. The van der Waals surface area contributed by atoms with Gasteiger partial charge in [-0.25, -0.2) is 9.97 Å². The lowest BCUT2D eigenvalue weighted by Gasteiger charge is -2.03. The minimum Gasteiger partial charge on any atom is -0.275 e. The van der Waals surface area contributed by atoms with Crippen molar-refractivity contribution in [3.05, 3.63) is 59.5 Å². The minimum atomic E-state index is 0.421. The fourth-order valence-electron chi connectivity index (χ4n) is 1.91. The van der Waals surface area contributed by atoms with Crippen LogP contribution in [0.2, 0.25) is 5.15 Å². The van der Waals surface area contributed by atoms with E-state index in [0.29, 0.717) is 17.4 Å². The van der Waals surface area contributed by atoms with Crippen LogP contribution in [-0.4, -0.2) is 24.7 Å². The third-order valence-corrected chi connectivity index (χ3v) is 3.00. The van der Waals surface area contributed by atoms with Crippen molar-refractivity contribution < 1.29 is 0 Å². The Hall–Kier alpha value is -2.27. The highest BCUT2D eigenvalue weighted by Gasteiger charge is 2.08. The van der Waals surface area contributed by atoms with Gasteiger partial charge in [0.25, 0.3) is 0 Å². The van der Waals surface area contributed by atoms with Crippen molar-refractivity contribution >= 4 is 11.6 Å². The molecule has 6 heteroatoms. The molecule has 0 aromatic carbocycles. The molecule has 3 rings (SSSR count). The van der Waals surface area contributed by atoms with E-state index in [1.807, 2.05) is 31.4 Å². The largest absolute Gasteiger partial charge is 0.275 e. The topological polar surface area (TPSA) is 56.5 Å². The van der Waals surface area contributed by atoms with Crippen molar-refractivity contribution in [3.63, 3.8) is 0 Å². The molecule has 0 saturated carbocycles. The molecular formula is C14H12ClN5. The maximum atomic E-state index is 6.07. The van der Waals surface area contributed by atoms with Gasteiger partial charge in [-0.05, 0) is 12.1 Å². The van der Waals surface area contributed by atoms with Gasteiger partial charge in [-0.1, -0.05) is 17.7 Å². The summed E-state index contributed by atoms with van der Waals surface area (Å²) in [5, 5.41) is 4.56. The second-order valence-electron chi connectivity index (χ2n) is 4.39. The molecule has 3 aromatic rings. The summed E-state index contributed by atoms with van der Waals surface area (Å²) in [4.78, 5) is 13.0. The maximum absolute atomic E-state index is 6.07. The molecule has 0 radical (unpaired) electrons. The van der Waals surface area contributed by atoms with Gasteiger partial charge >= 0.3 is 0 Å². The molecule has 0 amide bonds. The summed E-state index contributed by atoms with van der Waals surface area (Å²) in [6, 6.07) is 7.49. The molecule has 0 saturated heterocycles. The van der Waals surface area contributed by atoms with Crippen molar-refractivity contribution in [1.82, 2.24) is 24.7 Å². The van der Waals surface area contributed by atoms with Gasteiger partial charge in [0, 0.05) is 36.8 Å². The van der Waals surface area contributed by atoms with Crippen molar-refractivity contribution in [2.45, 2.75) is 6.42 Å². The molecule has 0 aliphatic carbocycles. The maximum Gasteiger partial charge on any atom is 0.136 e. The van der Waals surface area contributed by atoms with E-state index in [2.05, 4.69) is 20.1 Å². The van der Waals surface area contributed by atoms with Crippen molar-refractivity contribution in [2.24, 2.45) is 7.05 Å². The Morgan fingerprint density at radius 3 is 2.85 bits per heavy atom. The molecular weight excluding hydrogens is 274 g/mol. The van der Waals surface area contributed by atoms with E-state index in [0.717, 1.165) is 17.0 Å². The quantitative estimate of drug-likeness (QED) is 0.694. The van der Waals surface area contributed by atoms with E-state index in [9.17, 15) is 0 Å². The van der Waals surface area contributed by atoms with Gasteiger partial charge in [0.2, 0.25) is 0 Å². The molecule has 0 atom stereocenters. The summed E-state index contributed by atoms with van der Waals surface area (Å²) in [7, 11) is 1.86. The van der Waals surface area contributed by atoms with Crippen LogP contribution in [-0.2, 0) is 13.5 Å². The van der Waals surface area contributed by atoms with Crippen LogP contribution in [0.5, 0.6) is 0 Å². The number of nitrogens with zero attached hydrogens (tertiary/aromatic N) is 5. The van der Waals surface area contributed by atoms with E-state index < -0.39 is 0 Å². The molecule has 20 heavy (non-hydrogen) atoms. The SMILES string of the molecule is Cn1cc(-c2cc(Cl)nc(Cc3ccccn3)n2)cn1. The standard InChI is InChI=1S/C14H12ClN5/c1-20-9-10(8-17-20)12-7-13(15)19-14(18-12)6-11-4-2-3-5-16-11/h2-5,7-9H,6H2,1H3. The highest BCUT2D eigenvalue weighted by Crippen LogP contribution is 2.19. The summed E-state index contributed by atoms with van der Waals surface area (Å²) in [5.41, 5.74) is 2.59. The predicted octanol–water partition coefficient (Wildman–Crippen LogP) is 2.52. The highest BCUT2D eigenvalue weighted by atomic mass is 35.5. The molecule has 3 aromatic heterocycles. The Bertz CT molecular complexity index is 723. The fourth-order valence-corrected chi connectivity index (χ4v) is 2.11. The van der Waals surface area contributed by atoms with Crippen LogP contribution < -0.4 is 0 Å². The molecule has 100 valence electrons. The normalized spacial score (nSPS) is 10.7. The number of hydrogen-bond acceptors (Lipinski definition) is 4. The van der Waals surface area contributed by atoms with Crippen LogP contribution in [0.3, 0.4) is 0 Å².